The number of benzene rings is 2. The molecule has 1 aliphatic heterocycles. The van der Waals surface area contributed by atoms with Crippen LogP contribution in [-0.2, 0) is 9.59 Å². The van der Waals surface area contributed by atoms with Gasteiger partial charge < -0.3 is 15.2 Å². The van der Waals surface area contributed by atoms with Gasteiger partial charge in [0.15, 0.2) is 17.3 Å². The van der Waals surface area contributed by atoms with Crippen LogP contribution < -0.4 is 15.0 Å². The maximum atomic E-state index is 13.2. The van der Waals surface area contributed by atoms with Crippen molar-refractivity contribution in [3.63, 3.8) is 0 Å². The second kappa shape index (κ2) is 8.22. The second-order valence-corrected chi connectivity index (χ2v) is 7.49. The molecule has 1 aliphatic carbocycles. The molecule has 1 amide bonds. The molecule has 0 fully saturated rings. The number of hydrogen-bond donors (Lipinski definition) is 2. The summed E-state index contributed by atoms with van der Waals surface area (Å²) in [5.74, 6) is 0.342. The Labute approximate surface area is 176 Å². The minimum Gasteiger partial charge on any atom is -0.504 e. The van der Waals surface area contributed by atoms with Gasteiger partial charge in [-0.3, -0.25) is 14.5 Å². The first-order valence-corrected chi connectivity index (χ1v) is 10.4. The number of anilines is 2. The first-order valence-electron chi connectivity index (χ1n) is 10.4. The SMILES string of the molecule is CCOc1cc(C2C3=C(CCCC3=O)Nc3ccccc3N2C(=O)CC)ccc1O. The monoisotopic (exact) mass is 406 g/mol. The molecule has 30 heavy (non-hydrogen) atoms. The summed E-state index contributed by atoms with van der Waals surface area (Å²) < 4.78 is 5.58. The summed E-state index contributed by atoms with van der Waals surface area (Å²) in [5.41, 5.74) is 3.77. The Hall–Kier alpha value is -3.28. The van der Waals surface area contributed by atoms with Crippen LogP contribution in [0.25, 0.3) is 0 Å². The van der Waals surface area contributed by atoms with Crippen molar-refractivity contribution in [3.8, 4) is 11.5 Å². The van der Waals surface area contributed by atoms with Gasteiger partial charge in [-0.1, -0.05) is 25.1 Å². The summed E-state index contributed by atoms with van der Waals surface area (Å²) in [4.78, 5) is 28.1. The van der Waals surface area contributed by atoms with E-state index < -0.39 is 6.04 Å². The third-order valence-electron chi connectivity index (χ3n) is 5.61. The predicted molar refractivity (Wildman–Crippen MR) is 116 cm³/mol. The van der Waals surface area contributed by atoms with E-state index in [4.69, 9.17) is 4.74 Å². The number of ether oxygens (including phenoxy) is 1. The molecule has 2 aromatic rings. The number of nitrogens with one attached hydrogen (secondary N) is 1. The van der Waals surface area contributed by atoms with E-state index in [0.29, 0.717) is 30.8 Å². The van der Waals surface area contributed by atoms with Crippen LogP contribution in [0.4, 0.5) is 11.4 Å². The Kier molecular flexibility index (Phi) is 5.48. The van der Waals surface area contributed by atoms with Gasteiger partial charge >= 0.3 is 0 Å². The lowest BCUT2D eigenvalue weighted by molar-refractivity contribution is -0.118. The number of Topliss-reactive ketones (excluding diaryl/α,β-unsaturated/α-hetero) is 1. The fourth-order valence-electron chi connectivity index (χ4n) is 4.27. The molecule has 1 unspecified atom stereocenters. The number of aromatic hydroxyl groups is 1. The van der Waals surface area contributed by atoms with E-state index in [-0.39, 0.29) is 17.4 Å². The van der Waals surface area contributed by atoms with Gasteiger partial charge in [0.05, 0.1) is 24.0 Å². The van der Waals surface area contributed by atoms with E-state index in [1.165, 1.54) is 0 Å². The van der Waals surface area contributed by atoms with E-state index in [2.05, 4.69) is 5.32 Å². The number of fused-ring (bicyclic) bond motifs is 1. The van der Waals surface area contributed by atoms with Crippen LogP contribution in [0.2, 0.25) is 0 Å². The maximum absolute atomic E-state index is 13.2. The molecule has 6 heteroatoms. The highest BCUT2D eigenvalue weighted by molar-refractivity contribution is 6.06. The summed E-state index contributed by atoms with van der Waals surface area (Å²) in [5, 5.41) is 13.6. The van der Waals surface area contributed by atoms with E-state index in [1.54, 1.807) is 23.1 Å². The van der Waals surface area contributed by atoms with Gasteiger partial charge in [-0.15, -0.1) is 0 Å². The van der Waals surface area contributed by atoms with E-state index in [0.717, 1.165) is 35.5 Å². The Morgan fingerprint density at radius 2 is 2.00 bits per heavy atom. The van der Waals surface area contributed by atoms with Gasteiger partial charge in [0.25, 0.3) is 0 Å². The molecule has 1 heterocycles. The highest BCUT2D eigenvalue weighted by atomic mass is 16.5. The van der Waals surface area contributed by atoms with E-state index in [9.17, 15) is 14.7 Å². The van der Waals surface area contributed by atoms with Crippen LogP contribution in [-0.4, -0.2) is 23.4 Å². The number of allylic oxidation sites excluding steroid dienone is 1. The van der Waals surface area contributed by atoms with Crippen LogP contribution in [0.1, 0.15) is 51.1 Å². The molecule has 0 spiro atoms. The van der Waals surface area contributed by atoms with Gasteiger partial charge in [0, 0.05) is 24.1 Å². The van der Waals surface area contributed by atoms with E-state index >= 15 is 0 Å². The Morgan fingerprint density at radius 3 is 2.77 bits per heavy atom. The number of nitrogens with zero attached hydrogens (tertiary/aromatic N) is 1. The molecule has 0 radical (unpaired) electrons. The van der Waals surface area contributed by atoms with Gasteiger partial charge in [-0.2, -0.15) is 0 Å². The van der Waals surface area contributed by atoms with Crippen molar-refractivity contribution in [1.29, 1.82) is 0 Å². The molecule has 156 valence electrons. The van der Waals surface area contributed by atoms with Crippen LogP contribution in [0, 0.1) is 0 Å². The summed E-state index contributed by atoms with van der Waals surface area (Å²) >= 11 is 0. The maximum Gasteiger partial charge on any atom is 0.227 e. The molecular formula is C24H26N2O4. The standard InChI is InChI=1S/C24H26N2O4/c1-3-22(29)26-18-10-6-5-8-16(18)25-17-9-7-11-20(28)23(17)24(26)15-12-13-19(27)21(14-15)30-4-2/h5-6,8,10,12-14,24-25,27H,3-4,7,9,11H2,1-2H3. The van der Waals surface area contributed by atoms with Crippen molar-refractivity contribution in [2.24, 2.45) is 0 Å². The van der Waals surface area contributed by atoms with Crippen molar-refractivity contribution >= 4 is 23.1 Å². The number of amides is 1. The minimum atomic E-state index is -0.587. The molecule has 1 atom stereocenters. The fraction of sp³-hybridized carbons (Fsp3) is 0.333. The molecule has 2 aliphatic rings. The Morgan fingerprint density at radius 1 is 1.20 bits per heavy atom. The zero-order valence-corrected chi connectivity index (χ0v) is 17.3. The van der Waals surface area contributed by atoms with Crippen molar-refractivity contribution in [2.45, 2.75) is 45.6 Å². The predicted octanol–water partition coefficient (Wildman–Crippen LogP) is 4.71. The van der Waals surface area contributed by atoms with Gasteiger partial charge in [0.2, 0.25) is 5.91 Å². The highest BCUT2D eigenvalue weighted by Crippen LogP contribution is 2.46. The van der Waals surface area contributed by atoms with Crippen molar-refractivity contribution in [1.82, 2.24) is 0 Å². The average molecular weight is 406 g/mol. The van der Waals surface area contributed by atoms with Crippen LogP contribution >= 0.6 is 0 Å². The third kappa shape index (κ3) is 3.43. The van der Waals surface area contributed by atoms with Gasteiger partial charge in [-0.25, -0.2) is 0 Å². The molecule has 0 bridgehead atoms. The third-order valence-corrected chi connectivity index (χ3v) is 5.61. The number of carbonyl (C=O) groups is 2. The topological polar surface area (TPSA) is 78.9 Å². The molecule has 0 aromatic heterocycles. The number of carbonyl (C=O) groups excluding carboxylic acids is 2. The lowest BCUT2D eigenvalue weighted by Crippen LogP contribution is -2.37. The van der Waals surface area contributed by atoms with Crippen LogP contribution in [0.3, 0.4) is 0 Å². The molecule has 2 N–H and O–H groups in total. The number of para-hydroxylation sites is 2. The minimum absolute atomic E-state index is 0.0327. The highest BCUT2D eigenvalue weighted by Gasteiger charge is 2.39. The number of ketones is 1. The Bertz CT molecular complexity index is 1030. The average Bonchev–Trinajstić information content (AvgIpc) is 2.90. The van der Waals surface area contributed by atoms with Gasteiger partial charge in [-0.05, 0) is 49.6 Å². The molecule has 6 nitrogen and oxygen atoms in total. The number of rotatable bonds is 4. The quantitative estimate of drug-likeness (QED) is 0.769. The van der Waals surface area contributed by atoms with Gasteiger partial charge in [0.1, 0.15) is 0 Å². The number of phenolic OH excluding ortho intramolecular Hbond substituents is 1. The molecule has 4 rings (SSSR count). The first kappa shape index (κ1) is 20.0. The van der Waals surface area contributed by atoms with Crippen LogP contribution in [0.5, 0.6) is 11.5 Å². The first-order chi connectivity index (χ1) is 14.5. The second-order valence-electron chi connectivity index (χ2n) is 7.49. The zero-order valence-electron chi connectivity index (χ0n) is 17.3. The lowest BCUT2D eigenvalue weighted by atomic mass is 9.85. The van der Waals surface area contributed by atoms with E-state index in [1.807, 2.05) is 38.1 Å². The molecule has 2 aromatic carbocycles. The summed E-state index contributed by atoms with van der Waals surface area (Å²) in [6.45, 7) is 4.06. The van der Waals surface area contributed by atoms with Crippen LogP contribution in [0.15, 0.2) is 53.7 Å². The van der Waals surface area contributed by atoms with Crippen molar-refractivity contribution < 1.29 is 19.4 Å². The summed E-state index contributed by atoms with van der Waals surface area (Å²) in [7, 11) is 0. The molecule has 0 saturated carbocycles. The Balaban J connectivity index is 1.98. The smallest absolute Gasteiger partial charge is 0.227 e. The molecular weight excluding hydrogens is 380 g/mol. The zero-order chi connectivity index (χ0) is 21.3. The normalized spacial score (nSPS) is 18.3. The van der Waals surface area contributed by atoms with Crippen molar-refractivity contribution in [2.75, 3.05) is 16.8 Å². The lowest BCUT2D eigenvalue weighted by Gasteiger charge is -2.34. The summed E-state index contributed by atoms with van der Waals surface area (Å²) in [6, 6.07) is 12.1. The number of phenols is 1. The number of hydrogen-bond acceptors (Lipinski definition) is 5. The fourth-order valence-corrected chi connectivity index (χ4v) is 4.27. The largest absolute Gasteiger partial charge is 0.504 e. The molecule has 0 saturated heterocycles. The van der Waals surface area contributed by atoms with Crippen molar-refractivity contribution in [3.05, 3.63) is 59.3 Å². The summed E-state index contributed by atoms with van der Waals surface area (Å²) in [6.07, 6.45) is 2.29.